The largest absolute Gasteiger partial charge is 2.00 e. The summed E-state index contributed by atoms with van der Waals surface area (Å²) in [6.45, 7) is 20.3. The van der Waals surface area contributed by atoms with Gasteiger partial charge in [0.05, 0.1) is 5.69 Å². The van der Waals surface area contributed by atoms with E-state index in [2.05, 4.69) is 144 Å². The molecule has 1 aliphatic rings. The van der Waals surface area contributed by atoms with Crippen LogP contribution in [0.4, 0.5) is 0 Å². The fourth-order valence-electron chi connectivity index (χ4n) is 8.09. The predicted octanol–water partition coefficient (Wildman–Crippen LogP) is 11.3. The molecule has 3 atom stereocenters. The summed E-state index contributed by atoms with van der Waals surface area (Å²) in [5.41, 5.74) is 10.3. The van der Waals surface area contributed by atoms with Gasteiger partial charge in [0.25, 0.3) is 0 Å². The maximum absolute atomic E-state index is 6.68. The van der Waals surface area contributed by atoms with E-state index in [0.717, 1.165) is 52.0 Å². The summed E-state index contributed by atoms with van der Waals surface area (Å²) in [6, 6.07) is 28.5. The Bertz CT molecular complexity index is 2220. The first kappa shape index (κ1) is 35.9. The molecule has 0 saturated carbocycles. The normalized spacial score (nSPS) is 17.9. The van der Waals surface area contributed by atoms with Gasteiger partial charge in [-0.15, -0.1) is 41.3 Å². The molecule has 0 amide bonds. The van der Waals surface area contributed by atoms with Gasteiger partial charge in [0.1, 0.15) is 5.82 Å². The zero-order valence-corrected chi connectivity index (χ0v) is 33.1. The van der Waals surface area contributed by atoms with Gasteiger partial charge in [0.15, 0.2) is 0 Å². The van der Waals surface area contributed by atoms with Crippen molar-refractivity contribution in [3.05, 3.63) is 119 Å². The van der Waals surface area contributed by atoms with Crippen LogP contribution in [0.25, 0.3) is 33.3 Å². The Kier molecular flexibility index (Phi) is 10.0. The second kappa shape index (κ2) is 14.0. The van der Waals surface area contributed by atoms with Crippen LogP contribution in [-0.4, -0.2) is 19.3 Å². The fraction of sp³-hybridized carbons (Fsp3) is 0.364. The number of para-hydroxylation sites is 1. The summed E-state index contributed by atoms with van der Waals surface area (Å²) in [5, 5.41) is 7.41. The Hall–Kier alpha value is -3.95. The Morgan fingerprint density at radius 2 is 1.70 bits per heavy atom. The minimum Gasteiger partial charge on any atom is -0.509 e. The Balaban J connectivity index is 0.00000432. The average molecular weight is 844 g/mol. The molecule has 0 fully saturated rings. The van der Waals surface area contributed by atoms with Crippen molar-refractivity contribution in [3.63, 3.8) is 0 Å². The van der Waals surface area contributed by atoms with Crippen LogP contribution in [0.3, 0.4) is 0 Å². The zero-order chi connectivity index (χ0) is 34.6. The molecule has 0 N–H and O–H groups in total. The molecule has 6 aromatic rings. The Labute approximate surface area is 312 Å². The summed E-state index contributed by atoms with van der Waals surface area (Å²) < 4.78 is 11.0. The van der Waals surface area contributed by atoms with Gasteiger partial charge in [-0.05, 0) is 85.7 Å². The van der Waals surface area contributed by atoms with E-state index in [9.17, 15) is 0 Å². The van der Waals surface area contributed by atoms with E-state index in [0.29, 0.717) is 29.3 Å². The standard InChI is InChI=1S/C44H48N4O.Pt/c1-10-13-32-18-19-45-41(22-32)47-39-15-12-11-14-37(39)38-17-16-35(26-40(38)47)49-36-24-33(44(7,8)9)23-34(25-36)48-31(6)43(30(5)46-48)42-28(3)20-27(2)21-29(42)4;/h11-12,14-20,22-24,27,29,42H,10,13,21H2,1-9H3;/q-2;+2/t27-,29-,42?;/m0./s1. The third-order valence-electron chi connectivity index (χ3n) is 10.3. The van der Waals surface area contributed by atoms with Gasteiger partial charge < -0.3 is 9.30 Å². The Morgan fingerprint density at radius 1 is 0.920 bits per heavy atom. The number of pyridine rings is 1. The van der Waals surface area contributed by atoms with Crippen molar-refractivity contribution in [2.24, 2.45) is 11.8 Å². The summed E-state index contributed by atoms with van der Waals surface area (Å²) in [7, 11) is 0. The second-order valence-corrected chi connectivity index (χ2v) is 15.3. The van der Waals surface area contributed by atoms with Crippen molar-refractivity contribution in [2.45, 2.75) is 92.9 Å². The number of nitrogens with zero attached hydrogens (tertiary/aromatic N) is 4. The fourth-order valence-corrected chi connectivity index (χ4v) is 8.09. The first-order valence-electron chi connectivity index (χ1n) is 17.8. The van der Waals surface area contributed by atoms with Crippen LogP contribution in [0.2, 0.25) is 0 Å². The molecule has 0 bridgehead atoms. The molecule has 3 aromatic heterocycles. The molecule has 1 aliphatic carbocycles. The maximum atomic E-state index is 6.68. The van der Waals surface area contributed by atoms with Gasteiger partial charge in [-0.3, -0.25) is 4.68 Å². The summed E-state index contributed by atoms with van der Waals surface area (Å²) in [5.74, 6) is 3.71. The molecule has 0 saturated heterocycles. The number of aromatic nitrogens is 4. The second-order valence-electron chi connectivity index (χ2n) is 15.3. The van der Waals surface area contributed by atoms with Crippen molar-refractivity contribution in [2.75, 3.05) is 0 Å². The summed E-state index contributed by atoms with van der Waals surface area (Å²) in [6.07, 6.45) is 7.65. The maximum Gasteiger partial charge on any atom is 2.00 e. The number of aryl methyl sites for hydroxylation is 2. The number of benzene rings is 3. The molecule has 6 heteroatoms. The van der Waals surface area contributed by atoms with E-state index in [4.69, 9.17) is 14.8 Å². The number of rotatable bonds is 7. The van der Waals surface area contributed by atoms with Crippen LogP contribution >= 0.6 is 0 Å². The van der Waals surface area contributed by atoms with E-state index < -0.39 is 0 Å². The van der Waals surface area contributed by atoms with Gasteiger partial charge >= 0.3 is 21.1 Å². The molecular formula is C44H48N4OPt. The number of hydrogen-bond acceptors (Lipinski definition) is 3. The van der Waals surface area contributed by atoms with Gasteiger partial charge in [0, 0.05) is 40.4 Å². The summed E-state index contributed by atoms with van der Waals surface area (Å²) in [4.78, 5) is 4.81. The van der Waals surface area contributed by atoms with Gasteiger partial charge in [0.2, 0.25) is 0 Å². The van der Waals surface area contributed by atoms with E-state index >= 15 is 0 Å². The zero-order valence-electron chi connectivity index (χ0n) is 30.8. The monoisotopic (exact) mass is 843 g/mol. The number of fused-ring (bicyclic) bond motifs is 3. The van der Waals surface area contributed by atoms with E-state index in [-0.39, 0.29) is 26.5 Å². The van der Waals surface area contributed by atoms with Crippen molar-refractivity contribution in [1.82, 2.24) is 19.3 Å². The molecule has 7 rings (SSSR count). The molecule has 0 aliphatic heterocycles. The van der Waals surface area contributed by atoms with Crippen molar-refractivity contribution < 1.29 is 25.8 Å². The third kappa shape index (κ3) is 6.62. The first-order valence-corrected chi connectivity index (χ1v) is 17.8. The van der Waals surface area contributed by atoms with Crippen molar-refractivity contribution in [1.29, 1.82) is 0 Å². The summed E-state index contributed by atoms with van der Waals surface area (Å²) >= 11 is 0. The van der Waals surface area contributed by atoms with E-state index in [1.165, 1.54) is 34.2 Å². The number of hydrogen-bond donors (Lipinski definition) is 0. The first-order chi connectivity index (χ1) is 23.4. The minimum absolute atomic E-state index is 0. The smallest absolute Gasteiger partial charge is 0.509 e. The number of allylic oxidation sites excluding steroid dienone is 2. The van der Waals surface area contributed by atoms with Crippen LogP contribution in [-0.2, 0) is 32.9 Å². The van der Waals surface area contributed by atoms with Crippen molar-refractivity contribution in [3.8, 4) is 23.0 Å². The van der Waals surface area contributed by atoms with Crippen molar-refractivity contribution >= 4 is 21.8 Å². The molecule has 3 aromatic carbocycles. The molecule has 5 nitrogen and oxygen atoms in total. The van der Waals surface area contributed by atoms with Gasteiger partial charge in [-0.2, -0.15) is 11.2 Å². The van der Waals surface area contributed by atoms with Crippen LogP contribution < -0.4 is 4.74 Å². The van der Waals surface area contributed by atoms with Gasteiger partial charge in [-0.1, -0.05) is 83.3 Å². The molecule has 0 radical (unpaired) electrons. The molecule has 260 valence electrons. The minimum atomic E-state index is -0.108. The molecule has 3 heterocycles. The van der Waals surface area contributed by atoms with Gasteiger partial charge in [-0.25, -0.2) is 4.98 Å². The SMILES string of the molecule is CCCc1ccnc(-n2c3[c-]c(Oc4[c-]c(-n5nc(C)c(C6C(C)=C[C@H](C)C[C@@H]6C)c5C)cc(C(C)(C)C)c4)ccc3c3ccccc32)c1.[Pt+2]. The quantitative estimate of drug-likeness (QED) is 0.119. The van der Waals surface area contributed by atoms with E-state index in [1.807, 2.05) is 12.3 Å². The average Bonchev–Trinajstić information content (AvgIpc) is 3.53. The van der Waals surface area contributed by atoms with E-state index in [1.54, 1.807) is 0 Å². The predicted molar refractivity (Wildman–Crippen MR) is 201 cm³/mol. The van der Waals surface area contributed by atoms with Crippen LogP contribution in [0.15, 0.2) is 78.5 Å². The van der Waals surface area contributed by atoms with Crippen LogP contribution in [0.1, 0.15) is 95.3 Å². The molecule has 0 spiro atoms. The van der Waals surface area contributed by atoms with Crippen LogP contribution in [0.5, 0.6) is 11.5 Å². The number of ether oxygens (including phenoxy) is 1. The molecular weight excluding hydrogens is 796 g/mol. The molecule has 50 heavy (non-hydrogen) atoms. The topological polar surface area (TPSA) is 44.9 Å². The third-order valence-corrected chi connectivity index (χ3v) is 10.3. The Morgan fingerprint density at radius 3 is 2.44 bits per heavy atom. The van der Waals surface area contributed by atoms with Crippen LogP contribution in [0, 0.1) is 37.8 Å². The molecule has 1 unspecified atom stereocenters.